The molecule has 4 aromatic rings. The van der Waals surface area contributed by atoms with Crippen LogP contribution in [0.25, 0.3) is 22.6 Å². The van der Waals surface area contributed by atoms with Crippen LogP contribution in [0.15, 0.2) is 53.4 Å². The molecule has 0 N–H and O–H groups in total. The molecule has 4 rings (SSSR count). The van der Waals surface area contributed by atoms with E-state index in [4.69, 9.17) is 14.2 Å². The van der Waals surface area contributed by atoms with Crippen molar-refractivity contribution in [2.75, 3.05) is 13.7 Å². The van der Waals surface area contributed by atoms with Gasteiger partial charge < -0.3 is 13.8 Å². The average Bonchev–Trinajstić information content (AvgIpc) is 3.40. The van der Waals surface area contributed by atoms with Crippen molar-refractivity contribution in [1.29, 1.82) is 0 Å². The van der Waals surface area contributed by atoms with Gasteiger partial charge in [-0.15, -0.1) is 0 Å². The number of benzene rings is 1. The molecule has 0 aliphatic heterocycles. The SMILES string of the molecule is CCc1nccc(-c2c(-c3ccccc3)ncn2Cc2nc(CCOC)no2)n1. The summed E-state index contributed by atoms with van der Waals surface area (Å²) in [6, 6.07) is 11.9. The zero-order valence-corrected chi connectivity index (χ0v) is 16.4. The van der Waals surface area contributed by atoms with Crippen LogP contribution >= 0.6 is 0 Å². The molecule has 0 radical (unpaired) electrons. The van der Waals surface area contributed by atoms with Crippen LogP contribution in [0.1, 0.15) is 24.5 Å². The topological polar surface area (TPSA) is 91.8 Å². The standard InChI is InChI=1S/C21H22N6O2/c1-3-17-22-11-9-16(24-17)21-20(15-7-5-4-6-8-15)23-14-27(21)13-19-25-18(26-29-19)10-12-28-2/h4-9,11,14H,3,10,12-13H2,1-2H3. The van der Waals surface area contributed by atoms with Gasteiger partial charge in [0.15, 0.2) is 5.82 Å². The van der Waals surface area contributed by atoms with E-state index in [9.17, 15) is 0 Å². The summed E-state index contributed by atoms with van der Waals surface area (Å²) in [5.41, 5.74) is 3.58. The quantitative estimate of drug-likeness (QED) is 0.456. The molecule has 8 nitrogen and oxygen atoms in total. The van der Waals surface area contributed by atoms with Crippen molar-refractivity contribution >= 4 is 0 Å². The number of hydrogen-bond donors (Lipinski definition) is 0. The molecule has 0 amide bonds. The zero-order valence-electron chi connectivity index (χ0n) is 16.4. The number of aromatic nitrogens is 6. The van der Waals surface area contributed by atoms with Gasteiger partial charge in [-0.3, -0.25) is 0 Å². The molecular formula is C21H22N6O2. The lowest BCUT2D eigenvalue weighted by Crippen LogP contribution is -2.04. The van der Waals surface area contributed by atoms with Crippen molar-refractivity contribution in [3.63, 3.8) is 0 Å². The zero-order chi connectivity index (χ0) is 20.1. The van der Waals surface area contributed by atoms with Crippen molar-refractivity contribution in [3.8, 4) is 22.6 Å². The average molecular weight is 390 g/mol. The first-order valence-corrected chi connectivity index (χ1v) is 9.51. The first-order valence-electron chi connectivity index (χ1n) is 9.51. The lowest BCUT2D eigenvalue weighted by atomic mass is 10.1. The third-order valence-electron chi connectivity index (χ3n) is 4.49. The van der Waals surface area contributed by atoms with E-state index in [-0.39, 0.29) is 0 Å². The van der Waals surface area contributed by atoms with E-state index < -0.39 is 0 Å². The number of ether oxygens (including phenoxy) is 1. The predicted octanol–water partition coefficient (Wildman–Crippen LogP) is 3.19. The Labute approximate surface area is 168 Å². The van der Waals surface area contributed by atoms with Gasteiger partial charge in [-0.25, -0.2) is 15.0 Å². The molecule has 1 aromatic carbocycles. The maximum absolute atomic E-state index is 5.42. The number of hydrogen-bond acceptors (Lipinski definition) is 7. The summed E-state index contributed by atoms with van der Waals surface area (Å²) in [6.45, 7) is 2.99. The fraction of sp³-hybridized carbons (Fsp3) is 0.286. The number of rotatable bonds is 8. The first kappa shape index (κ1) is 18.9. The third kappa shape index (κ3) is 4.22. The van der Waals surface area contributed by atoms with E-state index in [1.165, 1.54) is 0 Å². The lowest BCUT2D eigenvalue weighted by molar-refractivity contribution is 0.199. The van der Waals surface area contributed by atoms with E-state index in [1.807, 2.05) is 47.9 Å². The Hall–Kier alpha value is -3.39. The summed E-state index contributed by atoms with van der Waals surface area (Å²) in [6.07, 6.45) is 4.93. The normalized spacial score (nSPS) is 11.1. The molecule has 0 saturated carbocycles. The minimum Gasteiger partial charge on any atom is -0.384 e. The fourth-order valence-corrected chi connectivity index (χ4v) is 3.07. The minimum atomic E-state index is 0.403. The molecular weight excluding hydrogens is 368 g/mol. The van der Waals surface area contributed by atoms with Gasteiger partial charge in [0.05, 0.1) is 30.0 Å². The van der Waals surface area contributed by atoms with Crippen LogP contribution < -0.4 is 0 Å². The molecule has 8 heteroatoms. The number of methoxy groups -OCH3 is 1. The lowest BCUT2D eigenvalue weighted by Gasteiger charge is -2.09. The Morgan fingerprint density at radius 2 is 1.90 bits per heavy atom. The van der Waals surface area contributed by atoms with E-state index in [0.29, 0.717) is 31.3 Å². The molecule has 148 valence electrons. The van der Waals surface area contributed by atoms with Crippen molar-refractivity contribution in [3.05, 3.63) is 66.5 Å². The summed E-state index contributed by atoms with van der Waals surface area (Å²) < 4.78 is 12.5. The molecule has 0 aliphatic rings. The molecule has 0 saturated heterocycles. The van der Waals surface area contributed by atoms with Gasteiger partial charge in [-0.05, 0) is 6.07 Å². The van der Waals surface area contributed by atoms with Crippen LogP contribution in [0.4, 0.5) is 0 Å². The monoisotopic (exact) mass is 390 g/mol. The smallest absolute Gasteiger partial charge is 0.246 e. The molecule has 0 atom stereocenters. The van der Waals surface area contributed by atoms with Crippen molar-refractivity contribution in [2.45, 2.75) is 26.3 Å². The fourth-order valence-electron chi connectivity index (χ4n) is 3.07. The van der Waals surface area contributed by atoms with Gasteiger partial charge in [0.2, 0.25) is 5.89 Å². The van der Waals surface area contributed by atoms with Crippen LogP contribution in [0.3, 0.4) is 0 Å². The van der Waals surface area contributed by atoms with Gasteiger partial charge in [-0.2, -0.15) is 4.98 Å². The molecule has 0 spiro atoms. The molecule has 0 fully saturated rings. The van der Waals surface area contributed by atoms with Crippen LogP contribution in [0, 0.1) is 0 Å². The summed E-state index contributed by atoms with van der Waals surface area (Å²) in [5.74, 6) is 1.93. The maximum Gasteiger partial charge on any atom is 0.246 e. The maximum atomic E-state index is 5.42. The highest BCUT2D eigenvalue weighted by molar-refractivity contribution is 5.76. The molecule has 3 aromatic heterocycles. The highest BCUT2D eigenvalue weighted by atomic mass is 16.5. The summed E-state index contributed by atoms with van der Waals surface area (Å²) >= 11 is 0. The third-order valence-corrected chi connectivity index (χ3v) is 4.49. The van der Waals surface area contributed by atoms with Crippen molar-refractivity contribution < 1.29 is 9.26 Å². The highest BCUT2D eigenvalue weighted by Crippen LogP contribution is 2.30. The molecule has 0 aliphatic carbocycles. The second-order valence-electron chi connectivity index (χ2n) is 6.49. The van der Waals surface area contributed by atoms with Crippen molar-refractivity contribution in [2.24, 2.45) is 0 Å². The molecule has 3 heterocycles. The Morgan fingerprint density at radius 3 is 2.69 bits per heavy atom. The van der Waals surface area contributed by atoms with E-state index in [1.54, 1.807) is 19.6 Å². The van der Waals surface area contributed by atoms with E-state index in [2.05, 4.69) is 20.1 Å². The molecule has 0 bridgehead atoms. The largest absolute Gasteiger partial charge is 0.384 e. The summed E-state index contributed by atoms with van der Waals surface area (Å²) in [7, 11) is 1.65. The Morgan fingerprint density at radius 1 is 1.03 bits per heavy atom. The van der Waals surface area contributed by atoms with E-state index >= 15 is 0 Å². The molecule has 29 heavy (non-hydrogen) atoms. The minimum absolute atomic E-state index is 0.403. The number of aryl methyl sites for hydroxylation is 1. The summed E-state index contributed by atoms with van der Waals surface area (Å²) in [4.78, 5) is 18.2. The second-order valence-corrected chi connectivity index (χ2v) is 6.49. The first-order chi connectivity index (χ1) is 14.3. The van der Waals surface area contributed by atoms with Gasteiger partial charge in [0, 0.05) is 31.7 Å². The van der Waals surface area contributed by atoms with Gasteiger partial charge in [0.25, 0.3) is 0 Å². The van der Waals surface area contributed by atoms with Gasteiger partial charge >= 0.3 is 0 Å². The van der Waals surface area contributed by atoms with Crippen LogP contribution in [0.5, 0.6) is 0 Å². The summed E-state index contributed by atoms with van der Waals surface area (Å²) in [5, 5.41) is 4.02. The second kappa shape index (κ2) is 8.74. The van der Waals surface area contributed by atoms with Crippen molar-refractivity contribution in [1.82, 2.24) is 29.7 Å². The number of nitrogens with zero attached hydrogens (tertiary/aromatic N) is 6. The Kier molecular flexibility index (Phi) is 5.71. The Balaban J connectivity index is 1.74. The van der Waals surface area contributed by atoms with Crippen LogP contribution in [0.2, 0.25) is 0 Å². The van der Waals surface area contributed by atoms with E-state index in [0.717, 1.165) is 34.9 Å². The highest BCUT2D eigenvalue weighted by Gasteiger charge is 2.18. The van der Waals surface area contributed by atoms with Crippen LogP contribution in [-0.4, -0.2) is 43.4 Å². The Bertz CT molecular complexity index is 1070. The number of imidazole rings is 1. The van der Waals surface area contributed by atoms with Gasteiger partial charge in [0.1, 0.15) is 12.4 Å². The van der Waals surface area contributed by atoms with Gasteiger partial charge in [-0.1, -0.05) is 42.4 Å². The predicted molar refractivity (Wildman–Crippen MR) is 107 cm³/mol. The van der Waals surface area contributed by atoms with Crippen LogP contribution in [-0.2, 0) is 24.1 Å². The molecule has 0 unspecified atom stereocenters.